The highest BCUT2D eigenvalue weighted by atomic mass is 16.1. The third-order valence-electron chi connectivity index (χ3n) is 6.71. The Morgan fingerprint density at radius 2 is 1.47 bits per heavy atom. The second kappa shape index (κ2) is 11.1. The number of rotatable bonds is 7. The first-order valence-corrected chi connectivity index (χ1v) is 12.4. The van der Waals surface area contributed by atoms with Gasteiger partial charge in [0.2, 0.25) is 5.91 Å². The minimum Gasteiger partial charge on any atom is -0.353 e. The molecule has 1 aliphatic rings. The van der Waals surface area contributed by atoms with Crippen molar-refractivity contribution in [1.82, 2.24) is 15.1 Å². The summed E-state index contributed by atoms with van der Waals surface area (Å²) in [6, 6.07) is 32.2. The zero-order valence-electron chi connectivity index (χ0n) is 20.5. The Balaban J connectivity index is 1.28. The maximum absolute atomic E-state index is 13.1. The number of nitrogens with zero attached hydrogens (tertiary/aromatic N) is 4. The van der Waals surface area contributed by atoms with E-state index >= 15 is 0 Å². The molecule has 4 aromatic rings. The molecule has 1 amide bonds. The zero-order chi connectivity index (χ0) is 24.7. The summed E-state index contributed by atoms with van der Waals surface area (Å²) in [4.78, 5) is 17.7. The standard InChI is InChI=1S/C30H31N5O/c1-34-17-19-35(20-18-34)29-16-15-28(32-33-29)25-13-8-14-26(21-25)31-30(36)22-27(23-9-4-2-5-10-23)24-11-6-3-7-12-24/h2-16,21,27H,17-20,22H2,1H3,(H,31,36). The largest absolute Gasteiger partial charge is 0.353 e. The summed E-state index contributed by atoms with van der Waals surface area (Å²) in [6.45, 7) is 3.97. The maximum atomic E-state index is 13.1. The number of piperazine rings is 1. The van der Waals surface area contributed by atoms with Crippen LogP contribution in [-0.4, -0.2) is 54.2 Å². The van der Waals surface area contributed by atoms with Crippen molar-refractivity contribution in [3.05, 3.63) is 108 Å². The van der Waals surface area contributed by atoms with Crippen LogP contribution in [0.1, 0.15) is 23.5 Å². The minimum atomic E-state index is -0.0265. The van der Waals surface area contributed by atoms with Gasteiger partial charge in [0.1, 0.15) is 0 Å². The summed E-state index contributed by atoms with van der Waals surface area (Å²) in [5, 5.41) is 12.0. The summed E-state index contributed by atoms with van der Waals surface area (Å²) in [7, 11) is 2.14. The van der Waals surface area contributed by atoms with Crippen molar-refractivity contribution in [3.63, 3.8) is 0 Å². The lowest BCUT2D eigenvalue weighted by Crippen LogP contribution is -2.44. The zero-order valence-corrected chi connectivity index (χ0v) is 20.5. The SMILES string of the molecule is CN1CCN(c2ccc(-c3cccc(NC(=O)CC(c4ccccc4)c4ccccc4)c3)nn2)CC1. The van der Waals surface area contributed by atoms with Crippen molar-refractivity contribution >= 4 is 17.4 Å². The lowest BCUT2D eigenvalue weighted by atomic mass is 9.88. The van der Waals surface area contributed by atoms with Crippen LogP contribution in [0, 0.1) is 0 Å². The van der Waals surface area contributed by atoms with Crippen LogP contribution in [0.5, 0.6) is 0 Å². The molecule has 1 aromatic heterocycles. The van der Waals surface area contributed by atoms with E-state index in [0.717, 1.165) is 60.1 Å². The van der Waals surface area contributed by atoms with E-state index in [1.165, 1.54) is 0 Å². The molecular weight excluding hydrogens is 446 g/mol. The third-order valence-corrected chi connectivity index (χ3v) is 6.71. The number of likely N-dealkylation sites (N-methyl/N-ethyl adjacent to an activating group) is 1. The van der Waals surface area contributed by atoms with Crippen LogP contribution in [0.3, 0.4) is 0 Å². The molecule has 0 spiro atoms. The number of nitrogens with one attached hydrogen (secondary N) is 1. The highest BCUT2D eigenvalue weighted by molar-refractivity contribution is 5.92. The Kier molecular flexibility index (Phi) is 7.33. The van der Waals surface area contributed by atoms with Gasteiger partial charge in [-0.1, -0.05) is 72.8 Å². The van der Waals surface area contributed by atoms with Crippen LogP contribution in [0.2, 0.25) is 0 Å². The van der Waals surface area contributed by atoms with Crippen molar-refractivity contribution < 1.29 is 4.79 Å². The van der Waals surface area contributed by atoms with E-state index < -0.39 is 0 Å². The predicted octanol–water partition coefficient (Wildman–Crippen LogP) is 5.06. The van der Waals surface area contributed by atoms with Gasteiger partial charge >= 0.3 is 0 Å². The maximum Gasteiger partial charge on any atom is 0.225 e. The third kappa shape index (κ3) is 5.78. The molecule has 0 unspecified atom stereocenters. The molecule has 6 nitrogen and oxygen atoms in total. The van der Waals surface area contributed by atoms with Crippen molar-refractivity contribution in [2.24, 2.45) is 0 Å². The summed E-state index contributed by atoms with van der Waals surface area (Å²) in [5.41, 5.74) is 4.72. The van der Waals surface area contributed by atoms with Crippen molar-refractivity contribution in [1.29, 1.82) is 0 Å². The second-order valence-corrected chi connectivity index (χ2v) is 9.27. The first-order valence-electron chi connectivity index (χ1n) is 12.4. The van der Waals surface area contributed by atoms with Crippen LogP contribution < -0.4 is 10.2 Å². The molecule has 0 bridgehead atoms. The van der Waals surface area contributed by atoms with Gasteiger partial charge < -0.3 is 15.1 Å². The molecule has 2 heterocycles. The number of amides is 1. The number of aromatic nitrogens is 2. The molecule has 3 aromatic carbocycles. The Bertz CT molecular complexity index is 1230. The summed E-state index contributed by atoms with van der Waals surface area (Å²) >= 11 is 0. The average molecular weight is 478 g/mol. The van der Waals surface area contributed by atoms with Crippen molar-refractivity contribution in [3.8, 4) is 11.3 Å². The molecule has 1 saturated heterocycles. The molecule has 1 N–H and O–H groups in total. The van der Waals surface area contributed by atoms with Crippen LogP contribution in [0.15, 0.2) is 97.1 Å². The molecule has 1 fully saturated rings. The molecule has 1 aliphatic heterocycles. The average Bonchev–Trinajstić information content (AvgIpc) is 2.93. The predicted molar refractivity (Wildman–Crippen MR) is 145 cm³/mol. The van der Waals surface area contributed by atoms with Gasteiger partial charge in [-0.2, -0.15) is 0 Å². The topological polar surface area (TPSA) is 61.4 Å². The van der Waals surface area contributed by atoms with Gasteiger partial charge in [0.25, 0.3) is 0 Å². The fraction of sp³-hybridized carbons (Fsp3) is 0.233. The molecule has 0 aliphatic carbocycles. The quantitative estimate of drug-likeness (QED) is 0.403. The smallest absolute Gasteiger partial charge is 0.225 e. The Morgan fingerprint density at radius 3 is 2.08 bits per heavy atom. The summed E-state index contributed by atoms with van der Waals surface area (Å²) in [5.74, 6) is 0.870. The van der Waals surface area contributed by atoms with E-state index in [0.29, 0.717) is 6.42 Å². The molecule has 5 rings (SSSR count). The number of anilines is 2. The van der Waals surface area contributed by atoms with Gasteiger partial charge in [-0.25, -0.2) is 0 Å². The lowest BCUT2D eigenvalue weighted by Gasteiger charge is -2.32. The Hall–Kier alpha value is -4.03. The monoisotopic (exact) mass is 477 g/mol. The van der Waals surface area contributed by atoms with Crippen LogP contribution in [0.25, 0.3) is 11.3 Å². The molecule has 182 valence electrons. The summed E-state index contributed by atoms with van der Waals surface area (Å²) in [6.07, 6.45) is 0.359. The molecule has 0 saturated carbocycles. The number of carbonyl (C=O) groups excluding carboxylic acids is 1. The van der Waals surface area contributed by atoms with E-state index in [2.05, 4.69) is 56.6 Å². The highest BCUT2D eigenvalue weighted by Crippen LogP contribution is 2.29. The number of benzene rings is 3. The second-order valence-electron chi connectivity index (χ2n) is 9.27. The van der Waals surface area contributed by atoms with Crippen LogP contribution >= 0.6 is 0 Å². The van der Waals surface area contributed by atoms with Gasteiger partial charge in [0, 0.05) is 49.8 Å². The molecular formula is C30H31N5O. The summed E-state index contributed by atoms with van der Waals surface area (Å²) < 4.78 is 0. The number of carbonyl (C=O) groups is 1. The van der Waals surface area contributed by atoms with E-state index in [1.54, 1.807) is 0 Å². The van der Waals surface area contributed by atoms with Crippen LogP contribution in [-0.2, 0) is 4.79 Å². The first kappa shape index (κ1) is 23.7. The van der Waals surface area contributed by atoms with Crippen molar-refractivity contribution in [2.45, 2.75) is 12.3 Å². The van der Waals surface area contributed by atoms with E-state index in [9.17, 15) is 4.79 Å². The highest BCUT2D eigenvalue weighted by Gasteiger charge is 2.19. The Morgan fingerprint density at radius 1 is 0.806 bits per heavy atom. The molecule has 0 radical (unpaired) electrons. The minimum absolute atomic E-state index is 0.0106. The van der Waals surface area contributed by atoms with Gasteiger partial charge in [-0.15, -0.1) is 10.2 Å². The van der Waals surface area contributed by atoms with Gasteiger partial charge in [-0.3, -0.25) is 4.79 Å². The normalized spacial score (nSPS) is 14.1. The van der Waals surface area contributed by atoms with Crippen molar-refractivity contribution in [2.75, 3.05) is 43.4 Å². The number of hydrogen-bond acceptors (Lipinski definition) is 5. The lowest BCUT2D eigenvalue weighted by molar-refractivity contribution is -0.116. The fourth-order valence-corrected chi connectivity index (χ4v) is 4.64. The first-order chi connectivity index (χ1) is 17.7. The van der Waals surface area contributed by atoms with E-state index in [4.69, 9.17) is 0 Å². The fourth-order valence-electron chi connectivity index (χ4n) is 4.64. The van der Waals surface area contributed by atoms with Crippen LogP contribution in [0.4, 0.5) is 11.5 Å². The molecule has 6 heteroatoms. The molecule has 36 heavy (non-hydrogen) atoms. The Labute approximate surface area is 212 Å². The number of hydrogen-bond donors (Lipinski definition) is 1. The van der Waals surface area contributed by atoms with Gasteiger partial charge in [0.15, 0.2) is 5.82 Å². The van der Waals surface area contributed by atoms with E-state index in [1.807, 2.05) is 72.8 Å². The van der Waals surface area contributed by atoms with Gasteiger partial charge in [-0.05, 0) is 42.4 Å². The molecule has 0 atom stereocenters. The van der Waals surface area contributed by atoms with Gasteiger partial charge in [0.05, 0.1) is 5.69 Å². The van der Waals surface area contributed by atoms with E-state index in [-0.39, 0.29) is 11.8 Å².